The minimum absolute atomic E-state index is 0.370. The number of fused-ring (bicyclic) bond motifs is 1. The molecule has 0 radical (unpaired) electrons. The first-order valence-electron chi connectivity index (χ1n) is 5.94. The monoisotopic (exact) mass is 196 g/mol. The summed E-state index contributed by atoms with van der Waals surface area (Å²) in [4.78, 5) is 5.22. The van der Waals surface area contributed by atoms with Gasteiger partial charge in [-0.1, -0.05) is 0 Å². The maximum Gasteiger partial charge on any atom is 0.0154 e. The molecule has 2 nitrogen and oxygen atoms in total. The molecule has 0 aliphatic carbocycles. The first-order chi connectivity index (χ1) is 6.48. The van der Waals surface area contributed by atoms with Crippen LogP contribution in [-0.2, 0) is 0 Å². The van der Waals surface area contributed by atoms with Gasteiger partial charge in [-0.15, -0.1) is 0 Å². The van der Waals surface area contributed by atoms with Crippen LogP contribution in [0.1, 0.15) is 33.6 Å². The highest BCUT2D eigenvalue weighted by atomic mass is 15.3. The third kappa shape index (κ3) is 1.82. The average molecular weight is 196 g/mol. The lowest BCUT2D eigenvalue weighted by atomic mass is 9.91. The minimum atomic E-state index is 0.370. The van der Waals surface area contributed by atoms with Crippen LogP contribution in [-0.4, -0.2) is 48.1 Å². The number of rotatable bonds is 0. The Morgan fingerprint density at radius 3 is 2.43 bits per heavy atom. The van der Waals surface area contributed by atoms with Gasteiger partial charge in [0.05, 0.1) is 0 Å². The molecule has 2 atom stereocenters. The van der Waals surface area contributed by atoms with E-state index in [1.807, 2.05) is 0 Å². The predicted octanol–water partition coefficient (Wildman–Crippen LogP) is 1.81. The van der Waals surface area contributed by atoms with E-state index in [1.54, 1.807) is 0 Å². The molecular weight excluding hydrogens is 172 g/mol. The number of likely N-dealkylation sites (tertiary alicyclic amines) is 2. The minimum Gasteiger partial charge on any atom is -0.306 e. The van der Waals surface area contributed by atoms with Crippen molar-refractivity contribution in [2.45, 2.75) is 45.2 Å². The summed E-state index contributed by atoms with van der Waals surface area (Å²) in [5.41, 5.74) is 0.370. The average Bonchev–Trinajstić information content (AvgIpc) is 2.45. The van der Waals surface area contributed by atoms with E-state index in [0.29, 0.717) is 5.54 Å². The molecule has 2 heteroatoms. The highest BCUT2D eigenvalue weighted by Crippen LogP contribution is 2.35. The molecule has 0 aromatic rings. The molecule has 82 valence electrons. The van der Waals surface area contributed by atoms with Crippen LogP contribution in [0.2, 0.25) is 0 Å². The summed E-state index contributed by atoms with van der Waals surface area (Å²) in [6, 6.07) is 0.867. The van der Waals surface area contributed by atoms with Gasteiger partial charge in [0.15, 0.2) is 0 Å². The molecule has 0 unspecified atom stereocenters. The molecule has 0 saturated carbocycles. The zero-order valence-electron chi connectivity index (χ0n) is 10.1. The van der Waals surface area contributed by atoms with Gasteiger partial charge in [0.1, 0.15) is 0 Å². The van der Waals surface area contributed by atoms with Crippen molar-refractivity contribution in [2.24, 2.45) is 5.92 Å². The van der Waals surface area contributed by atoms with Crippen LogP contribution < -0.4 is 0 Å². The van der Waals surface area contributed by atoms with Gasteiger partial charge >= 0.3 is 0 Å². The topological polar surface area (TPSA) is 6.48 Å². The second-order valence-electron chi connectivity index (χ2n) is 6.03. The van der Waals surface area contributed by atoms with E-state index in [0.717, 1.165) is 12.0 Å². The predicted molar refractivity (Wildman–Crippen MR) is 60.5 cm³/mol. The second-order valence-corrected chi connectivity index (χ2v) is 6.03. The molecule has 0 bridgehead atoms. The fraction of sp³-hybridized carbons (Fsp3) is 1.00. The number of hydrogen-bond acceptors (Lipinski definition) is 2. The summed E-state index contributed by atoms with van der Waals surface area (Å²) in [5, 5.41) is 0. The Balaban J connectivity index is 2.05. The van der Waals surface area contributed by atoms with Crippen LogP contribution in [0.3, 0.4) is 0 Å². The lowest BCUT2D eigenvalue weighted by Gasteiger charge is -2.42. The Morgan fingerprint density at radius 1 is 1.07 bits per heavy atom. The quantitative estimate of drug-likeness (QED) is 0.583. The molecule has 0 N–H and O–H groups in total. The molecule has 2 heterocycles. The molecule has 0 amide bonds. The van der Waals surface area contributed by atoms with E-state index in [1.165, 1.54) is 32.5 Å². The summed E-state index contributed by atoms with van der Waals surface area (Å²) in [7, 11) is 2.26. The Kier molecular flexibility index (Phi) is 2.61. The zero-order chi connectivity index (χ0) is 10.3. The molecule has 2 rings (SSSR count). The number of nitrogens with zero attached hydrogens (tertiary/aromatic N) is 2. The van der Waals surface area contributed by atoms with Crippen LogP contribution >= 0.6 is 0 Å². The standard InChI is InChI=1S/C12H24N2/c1-12(2,3)14-8-5-10-9-13(4)7-6-11(10)14/h10-11H,5-9H2,1-4H3/t10-,11+/m1/s1. The fourth-order valence-electron chi connectivity index (χ4n) is 3.20. The van der Waals surface area contributed by atoms with Gasteiger partial charge < -0.3 is 4.90 Å². The molecule has 0 aromatic carbocycles. The van der Waals surface area contributed by atoms with Crippen molar-refractivity contribution in [2.75, 3.05) is 26.7 Å². The van der Waals surface area contributed by atoms with Crippen LogP contribution in [0, 0.1) is 5.92 Å². The van der Waals surface area contributed by atoms with Crippen molar-refractivity contribution in [1.82, 2.24) is 9.80 Å². The Bertz CT molecular complexity index is 207. The van der Waals surface area contributed by atoms with Gasteiger partial charge in [-0.2, -0.15) is 0 Å². The summed E-state index contributed by atoms with van der Waals surface area (Å²) in [6.07, 6.45) is 2.78. The Labute approximate surface area is 88.3 Å². The van der Waals surface area contributed by atoms with E-state index < -0.39 is 0 Å². The highest BCUT2D eigenvalue weighted by molar-refractivity contribution is 4.96. The van der Waals surface area contributed by atoms with Gasteiger partial charge in [0.25, 0.3) is 0 Å². The van der Waals surface area contributed by atoms with Crippen molar-refractivity contribution in [3.63, 3.8) is 0 Å². The van der Waals surface area contributed by atoms with Crippen LogP contribution in [0.4, 0.5) is 0 Å². The molecule has 2 aliphatic heterocycles. The van der Waals surface area contributed by atoms with Gasteiger partial charge in [0, 0.05) is 18.1 Å². The molecule has 14 heavy (non-hydrogen) atoms. The fourth-order valence-corrected chi connectivity index (χ4v) is 3.20. The van der Waals surface area contributed by atoms with Crippen molar-refractivity contribution in [1.29, 1.82) is 0 Å². The molecule has 0 aromatic heterocycles. The Hall–Kier alpha value is -0.0800. The SMILES string of the molecule is CN1CC[C@H]2[C@H](CCN2C(C)(C)C)C1. The van der Waals surface area contributed by atoms with Gasteiger partial charge in [-0.25, -0.2) is 0 Å². The molecule has 0 spiro atoms. The summed E-state index contributed by atoms with van der Waals surface area (Å²) >= 11 is 0. The Morgan fingerprint density at radius 2 is 1.79 bits per heavy atom. The van der Waals surface area contributed by atoms with Crippen molar-refractivity contribution < 1.29 is 0 Å². The molecule has 2 saturated heterocycles. The van der Waals surface area contributed by atoms with Gasteiger partial charge in [-0.05, 0) is 59.7 Å². The lowest BCUT2D eigenvalue weighted by Crippen LogP contribution is -2.50. The highest BCUT2D eigenvalue weighted by Gasteiger charge is 2.41. The van der Waals surface area contributed by atoms with E-state index in [4.69, 9.17) is 0 Å². The summed E-state index contributed by atoms with van der Waals surface area (Å²) < 4.78 is 0. The molecular formula is C12H24N2. The van der Waals surface area contributed by atoms with Crippen molar-refractivity contribution in [3.05, 3.63) is 0 Å². The van der Waals surface area contributed by atoms with Crippen LogP contribution in [0.15, 0.2) is 0 Å². The van der Waals surface area contributed by atoms with Gasteiger partial charge in [-0.3, -0.25) is 4.90 Å². The maximum absolute atomic E-state index is 2.73. The third-order valence-electron chi connectivity index (χ3n) is 3.90. The molecule has 2 aliphatic rings. The van der Waals surface area contributed by atoms with E-state index in [2.05, 4.69) is 37.6 Å². The smallest absolute Gasteiger partial charge is 0.0154 e. The van der Waals surface area contributed by atoms with Crippen molar-refractivity contribution in [3.8, 4) is 0 Å². The largest absolute Gasteiger partial charge is 0.306 e. The number of piperidine rings is 1. The van der Waals surface area contributed by atoms with Crippen LogP contribution in [0.25, 0.3) is 0 Å². The summed E-state index contributed by atoms with van der Waals surface area (Å²) in [6.45, 7) is 11.0. The summed E-state index contributed by atoms with van der Waals surface area (Å²) in [5.74, 6) is 0.938. The normalized spacial score (nSPS) is 36.0. The van der Waals surface area contributed by atoms with Gasteiger partial charge in [0.2, 0.25) is 0 Å². The second kappa shape index (κ2) is 3.49. The van der Waals surface area contributed by atoms with E-state index >= 15 is 0 Å². The lowest BCUT2D eigenvalue weighted by molar-refractivity contribution is 0.0660. The first-order valence-corrected chi connectivity index (χ1v) is 5.94. The first kappa shape index (κ1) is 10.4. The zero-order valence-corrected chi connectivity index (χ0v) is 10.1. The maximum atomic E-state index is 2.73. The van der Waals surface area contributed by atoms with E-state index in [-0.39, 0.29) is 0 Å². The van der Waals surface area contributed by atoms with Crippen LogP contribution in [0.5, 0.6) is 0 Å². The molecule has 2 fully saturated rings. The van der Waals surface area contributed by atoms with E-state index in [9.17, 15) is 0 Å². The third-order valence-corrected chi connectivity index (χ3v) is 3.90. The number of hydrogen-bond donors (Lipinski definition) is 0. The van der Waals surface area contributed by atoms with Crippen molar-refractivity contribution >= 4 is 0 Å².